The summed E-state index contributed by atoms with van der Waals surface area (Å²) >= 11 is 9.29. The predicted molar refractivity (Wildman–Crippen MR) is 92.9 cm³/mol. The number of carboxylic acids is 1. The highest BCUT2D eigenvalue weighted by atomic mass is 79.9. The molecular weight excluding hydrogens is 417 g/mol. The first-order valence-corrected chi connectivity index (χ1v) is 8.23. The highest BCUT2D eigenvalue weighted by Crippen LogP contribution is 2.30. The maximum absolute atomic E-state index is 13.9. The number of carbonyl (C=O) groups excluding carboxylic acids is 1. The quantitative estimate of drug-likeness (QED) is 0.676. The number of nitrogens with zero attached hydrogens (tertiary/aromatic N) is 3. The summed E-state index contributed by atoms with van der Waals surface area (Å²) in [5.74, 6) is -1.87. The first-order valence-electron chi connectivity index (χ1n) is 7.06. The number of alkyl halides is 1. The molecule has 3 aromatic rings. The molecule has 0 aliphatic carbocycles. The normalized spacial score (nSPS) is 12.3. The predicted octanol–water partition coefficient (Wildman–Crippen LogP) is 4.26. The van der Waals surface area contributed by atoms with Crippen LogP contribution in [0.5, 0.6) is 0 Å². The molecule has 25 heavy (non-hydrogen) atoms. The zero-order valence-electron chi connectivity index (χ0n) is 12.7. The minimum Gasteiger partial charge on any atom is -0.478 e. The fraction of sp³-hybridized carbons (Fsp3) is 0.125. The lowest BCUT2D eigenvalue weighted by atomic mass is 10.0. The van der Waals surface area contributed by atoms with Crippen LogP contribution < -0.4 is 0 Å². The van der Waals surface area contributed by atoms with Crippen LogP contribution in [-0.2, 0) is 0 Å². The monoisotopic (exact) mass is 425 g/mol. The van der Waals surface area contributed by atoms with E-state index in [0.29, 0.717) is 5.52 Å². The number of hydrogen-bond donors (Lipinski definition) is 1. The molecule has 0 radical (unpaired) electrons. The van der Waals surface area contributed by atoms with E-state index in [1.807, 2.05) is 0 Å². The topological polar surface area (TPSA) is 85.1 Å². The molecule has 0 aliphatic rings. The minimum atomic E-state index is -1.42. The van der Waals surface area contributed by atoms with E-state index in [1.165, 1.54) is 25.1 Å². The van der Waals surface area contributed by atoms with Gasteiger partial charge in [0.2, 0.25) is 0 Å². The van der Waals surface area contributed by atoms with Gasteiger partial charge in [-0.25, -0.2) is 9.18 Å². The van der Waals surface area contributed by atoms with Crippen molar-refractivity contribution in [1.29, 1.82) is 0 Å². The zero-order valence-corrected chi connectivity index (χ0v) is 15.0. The van der Waals surface area contributed by atoms with Crippen molar-refractivity contribution >= 4 is 50.4 Å². The lowest BCUT2D eigenvalue weighted by Gasteiger charge is -2.11. The molecule has 2 aromatic heterocycles. The summed E-state index contributed by atoms with van der Waals surface area (Å²) in [6, 6.07) is 5.76. The van der Waals surface area contributed by atoms with Crippen molar-refractivity contribution in [2.24, 2.45) is 0 Å². The fourth-order valence-electron chi connectivity index (χ4n) is 2.44. The maximum atomic E-state index is 13.9. The maximum Gasteiger partial charge on any atom is 0.337 e. The number of halogens is 3. The number of hydrogen-bond acceptors (Lipinski definition) is 4. The Balaban J connectivity index is 2.25. The zero-order chi connectivity index (χ0) is 18.3. The molecule has 0 bridgehead atoms. The Hall–Kier alpha value is -2.32. The molecule has 1 unspecified atom stereocenters. The molecular formula is C16H10BrClFN3O3. The Labute approximate surface area is 154 Å². The molecule has 0 saturated heterocycles. The lowest BCUT2D eigenvalue weighted by Crippen LogP contribution is -2.17. The molecule has 6 nitrogen and oxygen atoms in total. The average molecular weight is 427 g/mol. The van der Waals surface area contributed by atoms with E-state index < -0.39 is 18.0 Å². The van der Waals surface area contributed by atoms with Crippen LogP contribution in [0.25, 0.3) is 11.0 Å². The van der Waals surface area contributed by atoms with E-state index in [-0.39, 0.29) is 31.8 Å². The molecule has 0 amide bonds. The summed E-state index contributed by atoms with van der Waals surface area (Å²) in [7, 11) is 0. The van der Waals surface area contributed by atoms with Gasteiger partial charge in [-0.15, -0.1) is 0 Å². The van der Waals surface area contributed by atoms with Crippen LogP contribution in [0.3, 0.4) is 0 Å². The number of carbonyl (C=O) groups is 2. The van der Waals surface area contributed by atoms with E-state index in [0.717, 1.165) is 10.9 Å². The first-order chi connectivity index (χ1) is 11.8. The molecule has 0 saturated carbocycles. The second-order valence-electron chi connectivity index (χ2n) is 5.22. The van der Waals surface area contributed by atoms with Crippen LogP contribution >= 0.6 is 27.5 Å². The van der Waals surface area contributed by atoms with Crippen molar-refractivity contribution in [3.8, 4) is 0 Å². The highest BCUT2D eigenvalue weighted by molar-refractivity contribution is 9.10. The van der Waals surface area contributed by atoms with Crippen molar-refractivity contribution in [1.82, 2.24) is 14.8 Å². The third kappa shape index (κ3) is 3.03. The third-order valence-electron chi connectivity index (χ3n) is 3.61. The Kier molecular flexibility index (Phi) is 4.57. The van der Waals surface area contributed by atoms with Crippen molar-refractivity contribution in [3.63, 3.8) is 0 Å². The highest BCUT2D eigenvalue weighted by Gasteiger charge is 2.24. The van der Waals surface area contributed by atoms with E-state index in [1.54, 1.807) is 6.07 Å². The van der Waals surface area contributed by atoms with Gasteiger partial charge in [-0.2, -0.15) is 9.78 Å². The Bertz CT molecular complexity index is 1020. The van der Waals surface area contributed by atoms with Crippen LogP contribution in [-0.4, -0.2) is 31.7 Å². The number of carboxylic acid groups (broad SMARTS) is 1. The third-order valence-corrected chi connectivity index (χ3v) is 4.46. The number of benzene rings is 1. The average Bonchev–Trinajstić information content (AvgIpc) is 2.90. The van der Waals surface area contributed by atoms with E-state index in [4.69, 9.17) is 16.7 Å². The second kappa shape index (κ2) is 6.53. The minimum absolute atomic E-state index is 0.0307. The summed E-state index contributed by atoms with van der Waals surface area (Å²) < 4.78 is 15.1. The van der Waals surface area contributed by atoms with Crippen molar-refractivity contribution in [3.05, 3.63) is 56.8 Å². The van der Waals surface area contributed by atoms with Crippen LogP contribution in [0.1, 0.15) is 39.4 Å². The van der Waals surface area contributed by atoms with Crippen LogP contribution in [0.2, 0.25) is 5.02 Å². The van der Waals surface area contributed by atoms with Gasteiger partial charge in [-0.05, 0) is 35.0 Å². The van der Waals surface area contributed by atoms with Crippen LogP contribution in [0.15, 0.2) is 35.1 Å². The molecule has 0 spiro atoms. The Morgan fingerprint density at radius 2 is 2.12 bits per heavy atom. The molecule has 9 heteroatoms. The van der Waals surface area contributed by atoms with Gasteiger partial charge in [0.1, 0.15) is 11.7 Å². The molecule has 1 N–H and O–H groups in total. The van der Waals surface area contributed by atoms with Crippen LogP contribution in [0.4, 0.5) is 4.39 Å². The number of aromatic nitrogens is 3. The summed E-state index contributed by atoms with van der Waals surface area (Å²) in [6.07, 6.45) is -0.258. The molecule has 1 aromatic carbocycles. The molecule has 128 valence electrons. The molecule has 2 heterocycles. The van der Waals surface area contributed by atoms with Gasteiger partial charge in [0.15, 0.2) is 4.60 Å². The summed E-state index contributed by atoms with van der Waals surface area (Å²) in [5, 5.41) is 13.3. The van der Waals surface area contributed by atoms with Crippen molar-refractivity contribution in [2.45, 2.75) is 13.1 Å². The van der Waals surface area contributed by atoms with Crippen LogP contribution in [0, 0.1) is 0 Å². The van der Waals surface area contributed by atoms with Gasteiger partial charge >= 0.3 is 5.97 Å². The van der Waals surface area contributed by atoms with Gasteiger partial charge in [0.25, 0.3) is 5.91 Å². The van der Waals surface area contributed by atoms with E-state index in [9.17, 15) is 14.0 Å². The number of rotatable bonds is 3. The Morgan fingerprint density at radius 3 is 2.76 bits per heavy atom. The van der Waals surface area contributed by atoms with Gasteiger partial charge in [0.05, 0.1) is 21.7 Å². The van der Waals surface area contributed by atoms with Crippen molar-refractivity contribution in [2.75, 3.05) is 0 Å². The smallest absolute Gasteiger partial charge is 0.337 e. The number of aromatic carboxylic acids is 1. The van der Waals surface area contributed by atoms with Gasteiger partial charge in [-0.3, -0.25) is 9.78 Å². The summed E-state index contributed by atoms with van der Waals surface area (Å²) in [5.41, 5.74) is 0.470. The SMILES string of the molecule is CC(F)c1cccc(Cl)c1C(=O)n1nc(Br)c2ncc(C(=O)O)cc21. The Morgan fingerprint density at radius 1 is 1.40 bits per heavy atom. The van der Waals surface area contributed by atoms with Gasteiger partial charge < -0.3 is 5.11 Å². The summed E-state index contributed by atoms with van der Waals surface area (Å²) in [4.78, 5) is 28.1. The molecule has 1 atom stereocenters. The van der Waals surface area contributed by atoms with E-state index in [2.05, 4.69) is 26.0 Å². The molecule has 0 aliphatic heterocycles. The van der Waals surface area contributed by atoms with Crippen molar-refractivity contribution < 1.29 is 19.1 Å². The van der Waals surface area contributed by atoms with Gasteiger partial charge in [0, 0.05) is 11.8 Å². The first kappa shape index (κ1) is 17.5. The number of pyridine rings is 1. The molecule has 0 fully saturated rings. The van der Waals surface area contributed by atoms with E-state index >= 15 is 0 Å². The molecule has 3 rings (SSSR count). The second-order valence-corrected chi connectivity index (χ2v) is 6.38. The standard InChI is InChI=1S/C16H10BrClFN3O3/c1-7(19)9-3-2-4-10(18)12(9)15(23)22-11-5-8(16(24)25)6-20-13(11)14(17)21-22/h2-7H,1H3,(H,24,25). The largest absolute Gasteiger partial charge is 0.478 e. The number of fused-ring (bicyclic) bond motifs is 1. The summed E-state index contributed by atoms with van der Waals surface area (Å²) in [6.45, 7) is 1.30. The fourth-order valence-corrected chi connectivity index (χ4v) is 3.16. The lowest BCUT2D eigenvalue weighted by molar-refractivity contribution is 0.0696. The van der Waals surface area contributed by atoms with Gasteiger partial charge in [-0.1, -0.05) is 23.7 Å².